The van der Waals surface area contributed by atoms with Crippen LogP contribution < -0.4 is 10.4 Å². The van der Waals surface area contributed by atoms with Crippen molar-refractivity contribution < 1.29 is 29.3 Å². The summed E-state index contributed by atoms with van der Waals surface area (Å²) in [6.07, 6.45) is -0.828. The Labute approximate surface area is 119 Å². The lowest BCUT2D eigenvalue weighted by Gasteiger charge is -2.16. The zero-order valence-electron chi connectivity index (χ0n) is 11.1. The van der Waals surface area contributed by atoms with Crippen LogP contribution in [-0.2, 0) is 14.3 Å². The molecule has 7 nitrogen and oxygen atoms in total. The van der Waals surface area contributed by atoms with Gasteiger partial charge < -0.3 is 20.3 Å². The molecule has 110 valence electrons. The average molecular weight is 290 g/mol. The number of carbonyl (C=O) groups excluding carboxylic acids is 2. The van der Waals surface area contributed by atoms with E-state index in [4.69, 9.17) is 9.84 Å². The second-order valence-corrected chi connectivity index (χ2v) is 4.58. The van der Waals surface area contributed by atoms with E-state index in [1.54, 1.807) is 0 Å². The lowest BCUT2D eigenvalue weighted by Crippen LogP contribution is -2.23. The highest BCUT2D eigenvalue weighted by molar-refractivity contribution is 6.09. The van der Waals surface area contributed by atoms with E-state index < -0.39 is 35.5 Å². The number of carbonyl (C=O) groups is 3. The largest absolute Gasteiger partial charge is 0.872 e. The zero-order chi connectivity index (χ0) is 15.7. The quantitative estimate of drug-likeness (QED) is 0.613. The van der Waals surface area contributed by atoms with Gasteiger partial charge in [-0.2, -0.15) is 0 Å². The molecule has 2 atom stereocenters. The van der Waals surface area contributed by atoms with E-state index in [-0.39, 0.29) is 16.9 Å². The van der Waals surface area contributed by atoms with Crippen LogP contribution >= 0.6 is 0 Å². The molecule has 0 unspecified atom stereocenters. The lowest BCUT2D eigenvalue weighted by molar-refractivity contribution is -0.268. The summed E-state index contributed by atoms with van der Waals surface area (Å²) in [5.74, 6) is -4.26. The van der Waals surface area contributed by atoms with Gasteiger partial charge in [-0.15, -0.1) is 0 Å². The van der Waals surface area contributed by atoms with Gasteiger partial charge in [-0.1, -0.05) is 12.3 Å². The van der Waals surface area contributed by atoms with Crippen LogP contribution in [0, 0.1) is 5.92 Å². The van der Waals surface area contributed by atoms with Crippen LogP contribution in [0.4, 0.5) is 5.69 Å². The number of anilines is 1. The van der Waals surface area contributed by atoms with Gasteiger partial charge in [-0.05, 0) is 25.1 Å². The standard InChI is InChI=1S/C14H13NO6/c1-6(11-12(17)7(2)21-14(11)20)15-8-3-4-9(13(18)19)10(16)5-8/h3-5,7,11,15-16H,1H2,2H3,(H,18,19)/p-1/t7-,11+/m0/s1. The monoisotopic (exact) mass is 290 g/mol. The third-order valence-corrected chi connectivity index (χ3v) is 3.08. The molecule has 1 saturated heterocycles. The Balaban J connectivity index is 2.17. The molecular formula is C14H12NO6-. The molecule has 0 saturated carbocycles. The number of esters is 1. The summed E-state index contributed by atoms with van der Waals surface area (Å²) in [6.45, 7) is 5.07. The molecule has 0 amide bonds. The summed E-state index contributed by atoms with van der Waals surface area (Å²) in [5, 5.41) is 23.0. The summed E-state index contributed by atoms with van der Waals surface area (Å²) in [4.78, 5) is 34.1. The van der Waals surface area contributed by atoms with Gasteiger partial charge in [0, 0.05) is 11.4 Å². The Kier molecular flexibility index (Phi) is 3.66. The van der Waals surface area contributed by atoms with Gasteiger partial charge in [0.2, 0.25) is 0 Å². The van der Waals surface area contributed by atoms with Gasteiger partial charge in [-0.25, -0.2) is 4.79 Å². The van der Waals surface area contributed by atoms with Crippen molar-refractivity contribution in [1.29, 1.82) is 0 Å². The van der Waals surface area contributed by atoms with E-state index in [1.807, 2.05) is 0 Å². The first kappa shape index (κ1) is 14.6. The van der Waals surface area contributed by atoms with Crippen LogP contribution in [0.25, 0.3) is 0 Å². The third-order valence-electron chi connectivity index (χ3n) is 3.08. The van der Waals surface area contributed by atoms with E-state index in [1.165, 1.54) is 13.0 Å². The predicted octanol–water partition coefficient (Wildman–Crippen LogP) is 0.515. The smallest absolute Gasteiger partial charge is 0.335 e. The summed E-state index contributed by atoms with van der Waals surface area (Å²) in [7, 11) is 0. The average Bonchev–Trinajstić information content (AvgIpc) is 2.62. The summed E-state index contributed by atoms with van der Waals surface area (Å²) in [5.41, 5.74) is -0.0388. The molecular weight excluding hydrogens is 278 g/mol. The minimum atomic E-state index is -1.33. The fourth-order valence-corrected chi connectivity index (χ4v) is 2.00. The van der Waals surface area contributed by atoms with Gasteiger partial charge in [0.15, 0.2) is 17.8 Å². The van der Waals surface area contributed by atoms with Crippen molar-refractivity contribution in [2.75, 3.05) is 5.32 Å². The molecule has 0 aliphatic carbocycles. The molecule has 0 bridgehead atoms. The first-order valence-corrected chi connectivity index (χ1v) is 6.05. The van der Waals surface area contributed by atoms with Crippen LogP contribution in [0.3, 0.4) is 0 Å². The van der Waals surface area contributed by atoms with Gasteiger partial charge in [-0.3, -0.25) is 9.59 Å². The number of carboxylic acids is 1. The highest BCUT2D eigenvalue weighted by Crippen LogP contribution is 2.26. The van der Waals surface area contributed by atoms with Crippen molar-refractivity contribution in [2.45, 2.75) is 13.0 Å². The number of ether oxygens (including phenoxy) is 1. The van der Waals surface area contributed by atoms with Crippen molar-refractivity contribution in [3.05, 3.63) is 36.0 Å². The molecule has 0 radical (unpaired) electrons. The summed E-state index contributed by atoms with van der Waals surface area (Å²) >= 11 is 0. The zero-order valence-corrected chi connectivity index (χ0v) is 11.1. The number of benzene rings is 1. The first-order valence-electron chi connectivity index (χ1n) is 6.05. The van der Waals surface area contributed by atoms with E-state index in [0.29, 0.717) is 0 Å². The molecule has 0 aromatic heterocycles. The Morgan fingerprint density at radius 1 is 1.43 bits per heavy atom. The number of Topliss-reactive ketones (excluding diaryl/α,β-unsaturated/α-hetero) is 1. The van der Waals surface area contributed by atoms with Gasteiger partial charge in [0.1, 0.15) is 0 Å². The number of cyclic esters (lactones) is 1. The van der Waals surface area contributed by atoms with E-state index in [2.05, 4.69) is 11.9 Å². The van der Waals surface area contributed by atoms with E-state index in [0.717, 1.165) is 12.1 Å². The normalized spacial score (nSPS) is 21.0. The van der Waals surface area contributed by atoms with Crippen molar-refractivity contribution in [2.24, 2.45) is 5.92 Å². The summed E-state index contributed by atoms with van der Waals surface area (Å²) < 4.78 is 4.79. The number of hydrogen-bond acceptors (Lipinski definition) is 6. The number of aromatic carboxylic acids is 1. The number of ketones is 1. The van der Waals surface area contributed by atoms with Crippen LogP contribution in [0.1, 0.15) is 17.3 Å². The minimum absolute atomic E-state index is 0.0804. The van der Waals surface area contributed by atoms with Crippen molar-refractivity contribution in [3.8, 4) is 5.75 Å². The second kappa shape index (κ2) is 5.28. The van der Waals surface area contributed by atoms with Gasteiger partial charge >= 0.3 is 11.9 Å². The SMILES string of the molecule is C=C(Nc1ccc(C(=O)O)c([O-])c1)[C@H]1C(=O)O[C@@H](C)C1=O. The Bertz CT molecular complexity index is 651. The van der Waals surface area contributed by atoms with Crippen LogP contribution in [0.5, 0.6) is 5.75 Å². The highest BCUT2D eigenvalue weighted by Gasteiger charge is 2.42. The fraction of sp³-hybridized carbons (Fsp3) is 0.214. The molecule has 7 heteroatoms. The minimum Gasteiger partial charge on any atom is -0.872 e. The number of nitrogens with one attached hydrogen (secondary N) is 1. The number of rotatable bonds is 4. The maximum absolute atomic E-state index is 11.8. The van der Waals surface area contributed by atoms with Crippen LogP contribution in [-0.4, -0.2) is 28.9 Å². The lowest BCUT2D eigenvalue weighted by atomic mass is 10.0. The first-order chi connectivity index (χ1) is 9.81. The molecule has 1 fully saturated rings. The topological polar surface area (TPSA) is 116 Å². The maximum atomic E-state index is 11.8. The molecule has 1 aromatic rings. The number of hydrogen-bond donors (Lipinski definition) is 2. The molecule has 1 heterocycles. The molecule has 2 N–H and O–H groups in total. The molecule has 1 aromatic carbocycles. The van der Waals surface area contributed by atoms with Crippen molar-refractivity contribution in [1.82, 2.24) is 0 Å². The molecule has 21 heavy (non-hydrogen) atoms. The Morgan fingerprint density at radius 3 is 2.57 bits per heavy atom. The van der Waals surface area contributed by atoms with E-state index >= 15 is 0 Å². The molecule has 1 aliphatic heterocycles. The Hall–Kier alpha value is -2.83. The van der Waals surface area contributed by atoms with E-state index in [9.17, 15) is 19.5 Å². The van der Waals surface area contributed by atoms with Crippen LogP contribution in [0.2, 0.25) is 0 Å². The molecule has 2 rings (SSSR count). The van der Waals surface area contributed by atoms with Crippen LogP contribution in [0.15, 0.2) is 30.5 Å². The number of carboxylic acid groups (broad SMARTS) is 1. The fourth-order valence-electron chi connectivity index (χ4n) is 2.00. The van der Waals surface area contributed by atoms with Gasteiger partial charge in [0.05, 0.1) is 5.56 Å². The van der Waals surface area contributed by atoms with Gasteiger partial charge in [0.25, 0.3) is 0 Å². The highest BCUT2D eigenvalue weighted by atomic mass is 16.6. The molecule has 0 spiro atoms. The maximum Gasteiger partial charge on any atom is 0.335 e. The Morgan fingerprint density at radius 2 is 2.10 bits per heavy atom. The molecule has 1 aliphatic rings. The summed E-state index contributed by atoms with van der Waals surface area (Å²) in [6, 6.07) is 3.55. The van der Waals surface area contributed by atoms with Crippen molar-refractivity contribution in [3.63, 3.8) is 0 Å². The van der Waals surface area contributed by atoms with Crippen molar-refractivity contribution >= 4 is 23.4 Å². The third kappa shape index (κ3) is 2.71. The second-order valence-electron chi connectivity index (χ2n) is 4.58. The predicted molar refractivity (Wildman–Crippen MR) is 69.7 cm³/mol.